The van der Waals surface area contributed by atoms with E-state index in [2.05, 4.69) is 10.0 Å². The average molecular weight is 414 g/mol. The van der Waals surface area contributed by atoms with E-state index in [-0.39, 0.29) is 22.9 Å². The number of amides is 1. The van der Waals surface area contributed by atoms with Gasteiger partial charge in [0.2, 0.25) is 5.91 Å². The molecule has 6 nitrogen and oxygen atoms in total. The lowest BCUT2D eigenvalue weighted by molar-refractivity contribution is -0.115. The zero-order chi connectivity index (χ0) is 20.9. The Bertz CT molecular complexity index is 1080. The van der Waals surface area contributed by atoms with Crippen molar-refractivity contribution < 1.29 is 22.3 Å². The highest BCUT2D eigenvalue weighted by Crippen LogP contribution is 2.19. The summed E-state index contributed by atoms with van der Waals surface area (Å²) in [5.41, 5.74) is 1.55. The summed E-state index contributed by atoms with van der Waals surface area (Å²) in [7, 11) is -2.25. The number of carbonyl (C=O) groups excluding carboxylic acids is 1. The Labute approximate surface area is 168 Å². The standard InChI is InChI=1S/C21H19FN2O4S/c1-28-19-10-2-15(3-11-19)14-21(25)23-17-8-12-20(13-9-17)29(26,27)24-18-6-4-16(22)5-7-18/h2-13,24H,14H2,1H3,(H,23,25). The first kappa shape index (κ1) is 20.3. The molecule has 3 rings (SSSR count). The summed E-state index contributed by atoms with van der Waals surface area (Å²) in [6, 6.07) is 17.9. The van der Waals surface area contributed by atoms with E-state index in [4.69, 9.17) is 4.74 Å². The molecular formula is C21H19FN2O4S. The summed E-state index contributed by atoms with van der Waals surface area (Å²) in [6.07, 6.45) is 0.177. The van der Waals surface area contributed by atoms with Crippen LogP contribution in [0.15, 0.2) is 77.7 Å². The maximum absolute atomic E-state index is 12.9. The van der Waals surface area contributed by atoms with E-state index in [0.29, 0.717) is 11.4 Å². The molecule has 0 fully saturated rings. The lowest BCUT2D eigenvalue weighted by Crippen LogP contribution is -2.15. The zero-order valence-corrected chi connectivity index (χ0v) is 16.4. The number of sulfonamides is 1. The van der Waals surface area contributed by atoms with Gasteiger partial charge < -0.3 is 10.1 Å². The minimum absolute atomic E-state index is 0.0231. The molecule has 0 heterocycles. The van der Waals surface area contributed by atoms with Gasteiger partial charge in [0.25, 0.3) is 10.0 Å². The number of benzene rings is 3. The molecule has 0 saturated heterocycles. The van der Waals surface area contributed by atoms with E-state index >= 15 is 0 Å². The molecular weight excluding hydrogens is 395 g/mol. The summed E-state index contributed by atoms with van der Waals surface area (Å²) >= 11 is 0. The van der Waals surface area contributed by atoms with Crippen LogP contribution in [0.1, 0.15) is 5.56 Å². The van der Waals surface area contributed by atoms with E-state index in [0.717, 1.165) is 5.56 Å². The molecule has 0 aliphatic carbocycles. The minimum atomic E-state index is -3.82. The lowest BCUT2D eigenvalue weighted by atomic mass is 10.1. The van der Waals surface area contributed by atoms with Crippen LogP contribution in [0, 0.1) is 5.82 Å². The molecule has 0 aliphatic rings. The average Bonchev–Trinajstić information content (AvgIpc) is 2.70. The van der Waals surface area contributed by atoms with Crippen molar-refractivity contribution in [1.82, 2.24) is 0 Å². The number of hydrogen-bond acceptors (Lipinski definition) is 4. The molecule has 3 aromatic carbocycles. The maximum Gasteiger partial charge on any atom is 0.261 e. The molecule has 0 atom stereocenters. The van der Waals surface area contributed by atoms with Crippen LogP contribution in [-0.2, 0) is 21.2 Å². The van der Waals surface area contributed by atoms with Crippen molar-refractivity contribution in [2.24, 2.45) is 0 Å². The molecule has 0 bridgehead atoms. The molecule has 0 aliphatic heterocycles. The van der Waals surface area contributed by atoms with Gasteiger partial charge in [-0.15, -0.1) is 0 Å². The summed E-state index contributed by atoms with van der Waals surface area (Å²) in [6.45, 7) is 0. The van der Waals surface area contributed by atoms with E-state index < -0.39 is 15.8 Å². The number of halogens is 1. The molecule has 1 amide bonds. The van der Waals surface area contributed by atoms with Gasteiger partial charge in [-0.2, -0.15) is 0 Å². The second-order valence-corrected chi connectivity index (χ2v) is 7.89. The molecule has 2 N–H and O–H groups in total. The number of rotatable bonds is 7. The third-order valence-corrected chi connectivity index (χ3v) is 5.47. The number of nitrogens with one attached hydrogen (secondary N) is 2. The quantitative estimate of drug-likeness (QED) is 0.616. The molecule has 0 spiro atoms. The second-order valence-electron chi connectivity index (χ2n) is 6.21. The number of carbonyl (C=O) groups is 1. The fourth-order valence-electron chi connectivity index (χ4n) is 2.58. The van der Waals surface area contributed by atoms with Crippen molar-refractivity contribution in [2.45, 2.75) is 11.3 Å². The van der Waals surface area contributed by atoms with Gasteiger partial charge in [0, 0.05) is 11.4 Å². The topological polar surface area (TPSA) is 84.5 Å². The van der Waals surface area contributed by atoms with E-state index in [1.54, 1.807) is 31.4 Å². The van der Waals surface area contributed by atoms with Crippen molar-refractivity contribution >= 4 is 27.3 Å². The number of hydrogen-bond donors (Lipinski definition) is 2. The van der Waals surface area contributed by atoms with Crippen LogP contribution in [0.25, 0.3) is 0 Å². The van der Waals surface area contributed by atoms with Gasteiger partial charge in [-0.1, -0.05) is 12.1 Å². The molecule has 150 valence electrons. The minimum Gasteiger partial charge on any atom is -0.497 e. The van der Waals surface area contributed by atoms with Gasteiger partial charge in [-0.25, -0.2) is 12.8 Å². The van der Waals surface area contributed by atoms with Crippen LogP contribution in [0.4, 0.5) is 15.8 Å². The SMILES string of the molecule is COc1ccc(CC(=O)Nc2ccc(S(=O)(=O)Nc3ccc(F)cc3)cc2)cc1. The number of ether oxygens (including phenoxy) is 1. The molecule has 0 saturated carbocycles. The Morgan fingerprint density at radius 2 is 1.48 bits per heavy atom. The van der Waals surface area contributed by atoms with Crippen LogP contribution in [0.5, 0.6) is 5.75 Å². The highest BCUT2D eigenvalue weighted by molar-refractivity contribution is 7.92. The lowest BCUT2D eigenvalue weighted by Gasteiger charge is -2.10. The van der Waals surface area contributed by atoms with E-state index in [1.165, 1.54) is 48.5 Å². The third-order valence-electron chi connectivity index (χ3n) is 4.07. The van der Waals surface area contributed by atoms with Crippen LogP contribution in [0.3, 0.4) is 0 Å². The van der Waals surface area contributed by atoms with Gasteiger partial charge in [-0.05, 0) is 66.2 Å². The molecule has 0 unspecified atom stereocenters. The number of methoxy groups -OCH3 is 1. The number of anilines is 2. The largest absolute Gasteiger partial charge is 0.497 e. The second kappa shape index (κ2) is 8.74. The summed E-state index contributed by atoms with van der Waals surface area (Å²) in [4.78, 5) is 12.2. The first-order chi connectivity index (χ1) is 13.9. The van der Waals surface area contributed by atoms with Crippen LogP contribution >= 0.6 is 0 Å². The predicted molar refractivity (Wildman–Crippen MR) is 109 cm³/mol. The Hall–Kier alpha value is -3.39. The van der Waals surface area contributed by atoms with Crippen molar-refractivity contribution in [1.29, 1.82) is 0 Å². The molecule has 8 heteroatoms. The molecule has 0 aromatic heterocycles. The predicted octanol–water partition coefficient (Wildman–Crippen LogP) is 3.82. The molecule has 0 radical (unpaired) electrons. The van der Waals surface area contributed by atoms with Gasteiger partial charge >= 0.3 is 0 Å². The fourth-order valence-corrected chi connectivity index (χ4v) is 3.64. The Kier molecular flexibility index (Phi) is 6.13. The monoisotopic (exact) mass is 414 g/mol. The first-order valence-electron chi connectivity index (χ1n) is 8.67. The van der Waals surface area contributed by atoms with Crippen LogP contribution in [0.2, 0.25) is 0 Å². The van der Waals surface area contributed by atoms with Crippen molar-refractivity contribution in [3.8, 4) is 5.75 Å². The fraction of sp³-hybridized carbons (Fsp3) is 0.0952. The Morgan fingerprint density at radius 1 is 0.897 bits per heavy atom. The van der Waals surface area contributed by atoms with Gasteiger partial charge in [-0.3, -0.25) is 9.52 Å². The van der Waals surface area contributed by atoms with Crippen LogP contribution in [-0.4, -0.2) is 21.4 Å². The van der Waals surface area contributed by atoms with Crippen molar-refractivity contribution in [2.75, 3.05) is 17.1 Å². The third kappa shape index (κ3) is 5.55. The van der Waals surface area contributed by atoms with Gasteiger partial charge in [0.05, 0.1) is 18.4 Å². The van der Waals surface area contributed by atoms with Crippen molar-refractivity contribution in [3.05, 3.63) is 84.2 Å². The van der Waals surface area contributed by atoms with Crippen LogP contribution < -0.4 is 14.8 Å². The van der Waals surface area contributed by atoms with E-state index in [9.17, 15) is 17.6 Å². The molecule has 3 aromatic rings. The van der Waals surface area contributed by atoms with Gasteiger partial charge in [0.1, 0.15) is 11.6 Å². The normalized spacial score (nSPS) is 11.0. The van der Waals surface area contributed by atoms with E-state index in [1.807, 2.05) is 0 Å². The zero-order valence-electron chi connectivity index (χ0n) is 15.6. The Morgan fingerprint density at radius 3 is 2.07 bits per heavy atom. The summed E-state index contributed by atoms with van der Waals surface area (Å²) in [5, 5.41) is 2.73. The smallest absolute Gasteiger partial charge is 0.261 e. The maximum atomic E-state index is 12.9. The summed E-state index contributed by atoms with van der Waals surface area (Å²) < 4.78 is 45.2. The van der Waals surface area contributed by atoms with Gasteiger partial charge in [0.15, 0.2) is 0 Å². The highest BCUT2D eigenvalue weighted by atomic mass is 32.2. The first-order valence-corrected chi connectivity index (χ1v) is 10.2. The summed E-state index contributed by atoms with van der Waals surface area (Å²) in [5.74, 6) is 0.0260. The Balaban J connectivity index is 1.62. The highest BCUT2D eigenvalue weighted by Gasteiger charge is 2.14. The molecule has 29 heavy (non-hydrogen) atoms. The van der Waals surface area contributed by atoms with Crippen molar-refractivity contribution in [3.63, 3.8) is 0 Å².